The summed E-state index contributed by atoms with van der Waals surface area (Å²) < 4.78 is 38.3. The summed E-state index contributed by atoms with van der Waals surface area (Å²) in [5, 5.41) is 7.69. The van der Waals surface area contributed by atoms with Crippen LogP contribution in [-0.2, 0) is 13.6 Å². The number of aromatic nitrogens is 2. The van der Waals surface area contributed by atoms with Gasteiger partial charge in [-0.05, 0) is 25.7 Å². The zero-order chi connectivity index (χ0) is 19.0. The lowest BCUT2D eigenvalue weighted by Crippen LogP contribution is -2.38. The van der Waals surface area contributed by atoms with E-state index in [4.69, 9.17) is 0 Å². The minimum atomic E-state index is -4.08. The van der Waals surface area contributed by atoms with Crippen LogP contribution in [-0.4, -0.2) is 47.0 Å². The Bertz CT molecular complexity index is 549. The van der Waals surface area contributed by atoms with Crippen LogP contribution < -0.4 is 5.32 Å². The third-order valence-electron chi connectivity index (χ3n) is 3.72. The molecule has 1 rings (SSSR count). The van der Waals surface area contributed by atoms with E-state index in [0.717, 1.165) is 11.3 Å². The van der Waals surface area contributed by atoms with E-state index in [1.54, 1.807) is 4.68 Å². The van der Waals surface area contributed by atoms with Gasteiger partial charge in [0.05, 0.1) is 5.69 Å². The van der Waals surface area contributed by atoms with Crippen molar-refractivity contribution in [2.45, 2.75) is 58.7 Å². The highest BCUT2D eigenvalue weighted by molar-refractivity contribution is 5.79. The third-order valence-corrected chi connectivity index (χ3v) is 3.72. The summed E-state index contributed by atoms with van der Waals surface area (Å²) in [5.74, 6) is 1.03. The molecule has 8 heteroatoms. The number of aryl methyl sites for hydroxylation is 1. The highest BCUT2D eigenvalue weighted by Crippen LogP contribution is 2.22. The fourth-order valence-corrected chi connectivity index (χ4v) is 2.59. The topological polar surface area (TPSA) is 45.5 Å². The van der Waals surface area contributed by atoms with Crippen molar-refractivity contribution in [2.75, 3.05) is 20.1 Å². The molecule has 0 amide bonds. The summed E-state index contributed by atoms with van der Waals surface area (Å²) in [4.78, 5) is 6.43. The molecule has 1 aromatic rings. The van der Waals surface area contributed by atoms with Crippen molar-refractivity contribution in [3.05, 3.63) is 17.5 Å². The number of nitrogens with zero attached hydrogens (tertiary/aromatic N) is 4. The van der Waals surface area contributed by atoms with Gasteiger partial charge in [0.15, 0.2) is 5.96 Å². The van der Waals surface area contributed by atoms with Gasteiger partial charge in [0, 0.05) is 51.9 Å². The van der Waals surface area contributed by atoms with E-state index >= 15 is 0 Å². The molecule has 25 heavy (non-hydrogen) atoms. The number of guanidine groups is 1. The predicted octanol–water partition coefficient (Wildman–Crippen LogP) is 3.67. The fraction of sp³-hybridized carbons (Fsp3) is 0.765. The minimum Gasteiger partial charge on any atom is -0.357 e. The van der Waals surface area contributed by atoms with E-state index in [1.165, 1.54) is 0 Å². The van der Waals surface area contributed by atoms with Crippen LogP contribution in [0.4, 0.5) is 13.2 Å². The second-order valence-corrected chi connectivity index (χ2v) is 6.53. The summed E-state index contributed by atoms with van der Waals surface area (Å²) >= 11 is 0. The lowest BCUT2D eigenvalue weighted by molar-refractivity contribution is -0.135. The first-order valence-electron chi connectivity index (χ1n) is 8.72. The van der Waals surface area contributed by atoms with Crippen LogP contribution in [0.15, 0.2) is 11.2 Å². The summed E-state index contributed by atoms with van der Waals surface area (Å²) in [6, 6.07) is 0. The predicted molar refractivity (Wildman–Crippen MR) is 94.6 cm³/mol. The van der Waals surface area contributed by atoms with Gasteiger partial charge < -0.3 is 10.2 Å². The normalized spacial score (nSPS) is 12.8. The maximum absolute atomic E-state index is 12.2. The lowest BCUT2D eigenvalue weighted by Gasteiger charge is -2.22. The van der Waals surface area contributed by atoms with Gasteiger partial charge >= 0.3 is 6.18 Å². The maximum atomic E-state index is 12.2. The second kappa shape index (κ2) is 9.68. The molecule has 0 spiro atoms. The van der Waals surface area contributed by atoms with Crippen molar-refractivity contribution in [1.29, 1.82) is 0 Å². The Kier molecular flexibility index (Phi) is 8.25. The highest BCUT2D eigenvalue weighted by atomic mass is 19.4. The number of hydrogen-bond donors (Lipinski definition) is 1. The third kappa shape index (κ3) is 7.79. The monoisotopic (exact) mass is 361 g/mol. The van der Waals surface area contributed by atoms with Crippen molar-refractivity contribution < 1.29 is 13.2 Å². The van der Waals surface area contributed by atoms with Gasteiger partial charge in [-0.25, -0.2) is 0 Å². The zero-order valence-electron chi connectivity index (χ0n) is 15.8. The molecule has 1 heterocycles. The van der Waals surface area contributed by atoms with E-state index in [1.807, 2.05) is 32.1 Å². The van der Waals surface area contributed by atoms with Gasteiger partial charge in [-0.2, -0.15) is 18.3 Å². The molecule has 0 aromatic carbocycles. The smallest absolute Gasteiger partial charge is 0.357 e. The Morgan fingerprint density at radius 2 is 2.04 bits per heavy atom. The molecular formula is C17H30F3N5. The number of alkyl halides is 3. The van der Waals surface area contributed by atoms with Crippen molar-refractivity contribution >= 4 is 5.96 Å². The van der Waals surface area contributed by atoms with Gasteiger partial charge in [-0.1, -0.05) is 13.8 Å². The Balaban J connectivity index is 2.66. The largest absolute Gasteiger partial charge is 0.389 e. The SMILES string of the molecule is CCNC(=NCCCCC(F)(F)F)N(C)Cc1cn(C)nc1C(C)C. The van der Waals surface area contributed by atoms with Gasteiger partial charge in [0.2, 0.25) is 0 Å². The minimum absolute atomic E-state index is 0.107. The van der Waals surface area contributed by atoms with E-state index in [2.05, 4.69) is 29.3 Å². The summed E-state index contributed by atoms with van der Waals surface area (Å²) in [6.45, 7) is 7.91. The molecule has 1 aromatic heterocycles. The number of hydrogen-bond acceptors (Lipinski definition) is 2. The Morgan fingerprint density at radius 1 is 1.36 bits per heavy atom. The molecule has 0 radical (unpaired) electrons. The van der Waals surface area contributed by atoms with Crippen molar-refractivity contribution in [1.82, 2.24) is 20.0 Å². The molecule has 0 atom stereocenters. The molecule has 0 saturated heterocycles. The van der Waals surface area contributed by atoms with Gasteiger partial charge in [-0.3, -0.25) is 9.67 Å². The maximum Gasteiger partial charge on any atom is 0.389 e. The number of aliphatic imine (C=N–C) groups is 1. The first-order valence-corrected chi connectivity index (χ1v) is 8.72. The summed E-state index contributed by atoms with van der Waals surface area (Å²) in [7, 11) is 3.82. The number of nitrogens with one attached hydrogen (secondary N) is 1. The van der Waals surface area contributed by atoms with Crippen LogP contribution in [0, 0.1) is 0 Å². The summed E-state index contributed by atoms with van der Waals surface area (Å²) in [5.41, 5.74) is 2.18. The fourth-order valence-electron chi connectivity index (χ4n) is 2.59. The Labute approximate surface area is 148 Å². The molecular weight excluding hydrogens is 331 g/mol. The molecule has 0 aliphatic heterocycles. The number of halogens is 3. The standard InChI is InChI=1S/C17H30F3N5/c1-6-21-16(22-10-8-7-9-17(18,19)20)24(4)11-14-12-25(5)23-15(14)13(2)3/h12-13H,6-11H2,1-5H3,(H,21,22). The van der Waals surface area contributed by atoms with E-state index in [-0.39, 0.29) is 6.42 Å². The quantitative estimate of drug-likeness (QED) is 0.436. The van der Waals surface area contributed by atoms with Crippen LogP contribution in [0.25, 0.3) is 0 Å². The van der Waals surface area contributed by atoms with Crippen LogP contribution in [0.1, 0.15) is 57.2 Å². The molecule has 5 nitrogen and oxygen atoms in total. The molecule has 1 N–H and O–H groups in total. The average molecular weight is 361 g/mol. The molecule has 0 bridgehead atoms. The van der Waals surface area contributed by atoms with Crippen molar-refractivity contribution in [2.24, 2.45) is 12.0 Å². The zero-order valence-corrected chi connectivity index (χ0v) is 15.8. The molecule has 0 saturated carbocycles. The van der Waals surface area contributed by atoms with E-state index < -0.39 is 12.6 Å². The average Bonchev–Trinajstić information content (AvgIpc) is 2.85. The number of unbranched alkanes of at least 4 members (excludes halogenated alkanes) is 1. The summed E-state index contributed by atoms with van der Waals surface area (Å²) in [6.07, 6.45) is -2.30. The van der Waals surface area contributed by atoms with Gasteiger partial charge in [0.25, 0.3) is 0 Å². The van der Waals surface area contributed by atoms with E-state index in [9.17, 15) is 13.2 Å². The molecule has 0 fully saturated rings. The van der Waals surface area contributed by atoms with Crippen LogP contribution >= 0.6 is 0 Å². The molecule has 0 aliphatic rings. The lowest BCUT2D eigenvalue weighted by atomic mass is 10.1. The first-order chi connectivity index (χ1) is 11.6. The van der Waals surface area contributed by atoms with Gasteiger partial charge in [0.1, 0.15) is 0 Å². The second-order valence-electron chi connectivity index (χ2n) is 6.53. The molecule has 0 unspecified atom stereocenters. The highest BCUT2D eigenvalue weighted by Gasteiger charge is 2.25. The van der Waals surface area contributed by atoms with Crippen LogP contribution in [0.3, 0.4) is 0 Å². The van der Waals surface area contributed by atoms with Crippen LogP contribution in [0.5, 0.6) is 0 Å². The van der Waals surface area contributed by atoms with Crippen molar-refractivity contribution in [3.8, 4) is 0 Å². The Morgan fingerprint density at radius 3 is 2.60 bits per heavy atom. The molecule has 144 valence electrons. The van der Waals surface area contributed by atoms with E-state index in [0.29, 0.717) is 37.9 Å². The van der Waals surface area contributed by atoms with Crippen LogP contribution in [0.2, 0.25) is 0 Å². The Hall–Kier alpha value is -1.73. The number of rotatable bonds is 8. The molecule has 0 aliphatic carbocycles. The van der Waals surface area contributed by atoms with Gasteiger partial charge in [-0.15, -0.1) is 0 Å². The van der Waals surface area contributed by atoms with Crippen molar-refractivity contribution in [3.63, 3.8) is 0 Å². The first kappa shape index (κ1) is 21.3.